The van der Waals surface area contributed by atoms with Crippen LogP contribution < -0.4 is 9.47 Å². The van der Waals surface area contributed by atoms with Crippen LogP contribution in [-0.4, -0.2) is 33.5 Å². The summed E-state index contributed by atoms with van der Waals surface area (Å²) < 4.78 is 15.9. The fourth-order valence-corrected chi connectivity index (χ4v) is 8.38. The van der Waals surface area contributed by atoms with E-state index in [1.165, 1.54) is 27.8 Å². The van der Waals surface area contributed by atoms with Gasteiger partial charge in [0.15, 0.2) is 0 Å². The molecule has 41 heavy (non-hydrogen) atoms. The van der Waals surface area contributed by atoms with Crippen LogP contribution in [0.1, 0.15) is 11.1 Å². The number of rotatable bonds is 10. The van der Waals surface area contributed by atoms with E-state index in [2.05, 4.69) is 188 Å². The van der Waals surface area contributed by atoms with Gasteiger partial charge in [-0.15, -0.1) is 0 Å². The van der Waals surface area contributed by atoms with Crippen molar-refractivity contribution in [2.75, 3.05) is 23.9 Å². The molecule has 0 fully saturated rings. The maximum absolute atomic E-state index is 6.16. The minimum atomic E-state index is 0.215. The van der Waals surface area contributed by atoms with Crippen molar-refractivity contribution in [2.24, 2.45) is 0 Å². The zero-order chi connectivity index (χ0) is 29.3. The Hall–Kier alpha value is 0.320. The normalized spacial score (nSPS) is 13.5. The molecule has 4 aromatic rings. The van der Waals surface area contributed by atoms with Gasteiger partial charge in [0.25, 0.3) is 0 Å². The molecule has 214 valence electrons. The van der Waals surface area contributed by atoms with Gasteiger partial charge < -0.3 is 9.47 Å². The van der Waals surface area contributed by atoms with Crippen molar-refractivity contribution < 1.29 is 9.47 Å². The zero-order valence-corrected chi connectivity index (χ0v) is 34.0. The number of benzene rings is 4. The lowest BCUT2D eigenvalue weighted by Crippen LogP contribution is -2.12. The van der Waals surface area contributed by atoms with Crippen LogP contribution in [0.4, 0.5) is 0 Å². The average molecular weight is 1070 g/mol. The van der Waals surface area contributed by atoms with Gasteiger partial charge in [-0.1, -0.05) is 100 Å². The Morgan fingerprint density at radius 3 is 1.63 bits per heavy atom. The Morgan fingerprint density at radius 1 is 0.610 bits per heavy atom. The van der Waals surface area contributed by atoms with Crippen LogP contribution in [0.5, 0.6) is 11.5 Å². The predicted octanol–water partition coefficient (Wildman–Crippen LogP) is 12.7. The average Bonchev–Trinajstić information content (AvgIpc) is 3.34. The molecule has 4 aromatic carbocycles. The second-order valence-electron chi connectivity index (χ2n) is 9.51. The molecule has 0 spiro atoms. The molecule has 0 aliphatic heterocycles. The van der Waals surface area contributed by atoms with Crippen molar-refractivity contribution in [1.82, 2.24) is 0 Å². The van der Waals surface area contributed by atoms with Gasteiger partial charge >= 0.3 is 0 Å². The highest BCUT2D eigenvalue weighted by Gasteiger charge is 2.26. The molecular weight excluding hydrogens is 1040 g/mol. The molecule has 0 saturated heterocycles. The topological polar surface area (TPSA) is 18.5 Å². The molecule has 2 atom stereocenters. The van der Waals surface area contributed by atoms with Crippen molar-refractivity contribution in [3.63, 3.8) is 0 Å². The first kappa shape index (κ1) is 32.7. The van der Waals surface area contributed by atoms with Crippen LogP contribution >= 0.6 is 127 Å². The van der Waals surface area contributed by atoms with E-state index in [4.69, 9.17) is 9.47 Å². The van der Waals surface area contributed by atoms with Gasteiger partial charge in [-0.3, -0.25) is 0 Å². The Morgan fingerprint density at radius 2 is 1.10 bits per heavy atom. The third-order valence-electron chi connectivity index (χ3n) is 6.74. The first-order valence-electron chi connectivity index (χ1n) is 12.6. The van der Waals surface area contributed by atoms with E-state index in [0.29, 0.717) is 13.2 Å². The van der Waals surface area contributed by atoms with Crippen molar-refractivity contribution in [3.05, 3.63) is 89.7 Å². The monoisotopic (exact) mass is 1060 g/mol. The number of ether oxygens (including phenoxy) is 2. The highest BCUT2D eigenvalue weighted by atomic mass is 79.9. The standard InChI is InChI=1S/C31H22Br8O2/c32-12-19(34)14-40-30-25(36)8-17(9-26(30)37)22-5-6-23-21-4-2-1-3-16(21)7-24(23)29(22)18-10-27(38)31(28(39)11-18)41-15-20(35)13-33/h1-6,8-11,19-20H,7,12-15H2. The molecule has 0 radical (unpaired) electrons. The summed E-state index contributed by atoms with van der Waals surface area (Å²) in [5.41, 5.74) is 9.80. The maximum Gasteiger partial charge on any atom is 0.147 e. The van der Waals surface area contributed by atoms with Crippen LogP contribution in [0.2, 0.25) is 0 Å². The quantitative estimate of drug-likeness (QED) is 0.130. The zero-order valence-electron chi connectivity index (χ0n) is 21.3. The highest BCUT2D eigenvalue weighted by Crippen LogP contribution is 2.49. The Labute approximate surface area is 307 Å². The third kappa shape index (κ3) is 7.26. The van der Waals surface area contributed by atoms with E-state index in [1.807, 2.05) is 0 Å². The maximum atomic E-state index is 6.16. The van der Waals surface area contributed by atoms with E-state index in [9.17, 15) is 0 Å². The molecule has 2 nitrogen and oxygen atoms in total. The van der Waals surface area contributed by atoms with E-state index in [-0.39, 0.29) is 9.65 Å². The first-order valence-corrected chi connectivity index (χ1v) is 19.8. The molecule has 0 bridgehead atoms. The van der Waals surface area contributed by atoms with Crippen LogP contribution in [0.15, 0.2) is 78.6 Å². The Bertz CT molecular complexity index is 1540. The molecule has 5 rings (SSSR count). The van der Waals surface area contributed by atoms with Crippen LogP contribution in [-0.2, 0) is 6.42 Å². The smallest absolute Gasteiger partial charge is 0.147 e. The summed E-state index contributed by atoms with van der Waals surface area (Å²) in [7, 11) is 0. The second-order valence-corrected chi connectivity index (χ2v) is 16.8. The number of halogens is 8. The van der Waals surface area contributed by atoms with Gasteiger partial charge in [0.05, 0.1) is 27.5 Å². The molecule has 10 heteroatoms. The molecule has 2 unspecified atom stereocenters. The SMILES string of the molecule is BrCC(Br)COc1c(Br)cc(-c2ccc3c(c2-c2cc(Br)c(OCC(Br)CBr)c(Br)c2)Cc2ccccc2-3)cc1Br. The second kappa shape index (κ2) is 14.6. The fraction of sp³-hybridized carbons (Fsp3) is 0.226. The molecule has 0 saturated carbocycles. The van der Waals surface area contributed by atoms with E-state index in [1.54, 1.807) is 0 Å². The molecule has 1 aliphatic rings. The summed E-state index contributed by atoms with van der Waals surface area (Å²) in [6, 6.07) is 21.8. The number of alkyl halides is 4. The molecule has 1 aliphatic carbocycles. The van der Waals surface area contributed by atoms with Crippen molar-refractivity contribution in [3.8, 4) is 44.9 Å². The Balaban J connectivity index is 1.64. The van der Waals surface area contributed by atoms with Crippen LogP contribution in [0, 0.1) is 0 Å². The van der Waals surface area contributed by atoms with Gasteiger partial charge in [-0.25, -0.2) is 0 Å². The van der Waals surface area contributed by atoms with Crippen molar-refractivity contribution >= 4 is 127 Å². The molecule has 0 aromatic heterocycles. The molecule has 0 heterocycles. The highest BCUT2D eigenvalue weighted by molar-refractivity contribution is 9.12. The first-order chi connectivity index (χ1) is 19.7. The minimum absolute atomic E-state index is 0.215. The summed E-state index contributed by atoms with van der Waals surface area (Å²) >= 11 is 29.4. The molecule has 0 N–H and O–H groups in total. The van der Waals surface area contributed by atoms with E-state index < -0.39 is 0 Å². The van der Waals surface area contributed by atoms with Crippen molar-refractivity contribution in [2.45, 2.75) is 16.1 Å². The number of hydrogen-bond donors (Lipinski definition) is 0. The lowest BCUT2D eigenvalue weighted by atomic mass is 9.88. The summed E-state index contributed by atoms with van der Waals surface area (Å²) in [4.78, 5) is 0.432. The summed E-state index contributed by atoms with van der Waals surface area (Å²) in [5, 5.41) is 1.62. The van der Waals surface area contributed by atoms with E-state index >= 15 is 0 Å². The van der Waals surface area contributed by atoms with Gasteiger partial charge in [0.2, 0.25) is 0 Å². The largest absolute Gasteiger partial charge is 0.490 e. The Kier molecular flexibility index (Phi) is 11.7. The third-order valence-corrected chi connectivity index (χ3v) is 13.6. The van der Waals surface area contributed by atoms with E-state index in [0.717, 1.165) is 63.2 Å². The lowest BCUT2D eigenvalue weighted by Gasteiger charge is -2.20. The van der Waals surface area contributed by atoms with Gasteiger partial charge in [0.1, 0.15) is 24.7 Å². The van der Waals surface area contributed by atoms with Crippen LogP contribution in [0.3, 0.4) is 0 Å². The summed E-state index contributed by atoms with van der Waals surface area (Å²) in [6.45, 7) is 1.09. The number of hydrogen-bond acceptors (Lipinski definition) is 2. The number of fused-ring (bicyclic) bond motifs is 3. The summed E-state index contributed by atoms with van der Waals surface area (Å²) in [5.74, 6) is 1.58. The fourth-order valence-electron chi connectivity index (χ4n) is 4.91. The molecular formula is C31H22Br8O2. The lowest BCUT2D eigenvalue weighted by molar-refractivity contribution is 0.321. The summed E-state index contributed by atoms with van der Waals surface area (Å²) in [6.07, 6.45) is 0.876. The van der Waals surface area contributed by atoms with Crippen molar-refractivity contribution in [1.29, 1.82) is 0 Å². The van der Waals surface area contributed by atoms with Gasteiger partial charge in [-0.2, -0.15) is 0 Å². The molecule has 0 amide bonds. The minimum Gasteiger partial charge on any atom is -0.490 e. The predicted molar refractivity (Wildman–Crippen MR) is 200 cm³/mol. The van der Waals surface area contributed by atoms with Gasteiger partial charge in [0, 0.05) is 10.7 Å². The van der Waals surface area contributed by atoms with Crippen LogP contribution in [0.25, 0.3) is 33.4 Å². The van der Waals surface area contributed by atoms with Gasteiger partial charge in [-0.05, 0) is 139 Å².